The smallest absolute Gasteiger partial charge is 0.153 e. The molecule has 0 saturated carbocycles. The Bertz CT molecular complexity index is 1700. The first-order valence-electron chi connectivity index (χ1n) is 13.0. The molecule has 0 aliphatic rings. The highest BCUT2D eigenvalue weighted by atomic mass is 32.1. The summed E-state index contributed by atoms with van der Waals surface area (Å²) in [5.74, 6) is -2.87. The molecule has 0 saturated heterocycles. The van der Waals surface area contributed by atoms with Gasteiger partial charge in [0.05, 0.1) is 11.8 Å². The number of halogens is 2. The van der Waals surface area contributed by atoms with Gasteiger partial charge in [0.25, 0.3) is 0 Å². The summed E-state index contributed by atoms with van der Waals surface area (Å²) in [4.78, 5) is 25.5. The van der Waals surface area contributed by atoms with Gasteiger partial charge in [-0.2, -0.15) is 0 Å². The van der Waals surface area contributed by atoms with Crippen LogP contribution in [0.15, 0.2) is 83.6 Å². The summed E-state index contributed by atoms with van der Waals surface area (Å²) >= 11 is 3.00. The van der Waals surface area contributed by atoms with Crippen molar-refractivity contribution in [2.45, 2.75) is 25.7 Å². The number of hydrogen-bond acceptors (Lipinski definition) is 5. The number of alkyl halides is 2. The lowest BCUT2D eigenvalue weighted by Crippen LogP contribution is -2.26. The van der Waals surface area contributed by atoms with Crippen molar-refractivity contribution >= 4 is 48.9 Å². The second-order valence-electron chi connectivity index (χ2n) is 9.80. The zero-order valence-corrected chi connectivity index (χ0v) is 23.7. The van der Waals surface area contributed by atoms with E-state index in [0.717, 1.165) is 42.7 Å². The summed E-state index contributed by atoms with van der Waals surface area (Å²) < 4.78 is 30.3. The lowest BCUT2D eigenvalue weighted by Gasteiger charge is -2.26. The van der Waals surface area contributed by atoms with Crippen LogP contribution in [0.25, 0.3) is 42.7 Å². The van der Waals surface area contributed by atoms with E-state index in [1.807, 2.05) is 83.6 Å². The number of Topliss-reactive ketones (excluding diaryl/α,β-unsaturated/α-hetero) is 1. The maximum absolute atomic E-state index is 15.2. The maximum Gasteiger partial charge on any atom is 0.153 e. The van der Waals surface area contributed by atoms with Gasteiger partial charge in [0.1, 0.15) is 23.0 Å². The molecule has 7 heteroatoms. The number of aryl methyl sites for hydroxylation is 2. The third kappa shape index (κ3) is 4.43. The van der Waals surface area contributed by atoms with E-state index in [4.69, 9.17) is 9.97 Å². The number of carbonyl (C=O) groups is 1. The number of nitrogens with zero attached hydrogens (tertiary/aromatic N) is 2. The summed E-state index contributed by atoms with van der Waals surface area (Å²) in [6.45, 7) is 1.70. The van der Waals surface area contributed by atoms with Gasteiger partial charge in [0.15, 0.2) is 5.78 Å². The van der Waals surface area contributed by atoms with Gasteiger partial charge >= 0.3 is 0 Å². The number of thiophene rings is 2. The maximum atomic E-state index is 15.2. The Kier molecular flexibility index (Phi) is 7.26. The molecule has 0 aliphatic carbocycles. The Balaban J connectivity index is 1.57. The van der Waals surface area contributed by atoms with Crippen LogP contribution in [0.5, 0.6) is 0 Å². The highest BCUT2D eigenvalue weighted by Gasteiger charge is 2.36. The first-order valence-corrected chi connectivity index (χ1v) is 14.8. The van der Waals surface area contributed by atoms with E-state index in [2.05, 4.69) is 0 Å². The van der Waals surface area contributed by atoms with Gasteiger partial charge in [0, 0.05) is 22.2 Å². The predicted molar refractivity (Wildman–Crippen MR) is 162 cm³/mol. The molecule has 200 valence electrons. The van der Waals surface area contributed by atoms with Gasteiger partial charge in [-0.05, 0) is 70.1 Å². The van der Waals surface area contributed by atoms with E-state index in [1.165, 1.54) is 22.7 Å². The lowest BCUT2D eigenvalue weighted by molar-refractivity contribution is -0.122. The monoisotopic (exact) mass is 568 g/mol. The van der Waals surface area contributed by atoms with Crippen molar-refractivity contribution in [1.82, 2.24) is 9.97 Å². The third-order valence-corrected chi connectivity index (χ3v) is 9.12. The molecule has 40 heavy (non-hydrogen) atoms. The van der Waals surface area contributed by atoms with Crippen LogP contribution in [-0.2, 0) is 4.79 Å². The largest absolute Gasteiger partial charge is 0.298 e. The first kappa shape index (κ1) is 26.4. The van der Waals surface area contributed by atoms with Crippen LogP contribution in [0.3, 0.4) is 0 Å². The van der Waals surface area contributed by atoms with Crippen LogP contribution >= 0.6 is 22.7 Å². The van der Waals surface area contributed by atoms with Crippen LogP contribution in [0.2, 0.25) is 0 Å². The molecule has 2 aromatic carbocycles. The van der Waals surface area contributed by atoms with Crippen LogP contribution < -0.4 is 0 Å². The topological polar surface area (TPSA) is 42.9 Å². The van der Waals surface area contributed by atoms with Gasteiger partial charge in [-0.25, -0.2) is 18.7 Å². The number of rotatable bonds is 8. The molecule has 4 aromatic heterocycles. The van der Waals surface area contributed by atoms with Crippen molar-refractivity contribution < 1.29 is 13.6 Å². The molecule has 6 rings (SSSR count). The molecule has 0 fully saturated rings. The van der Waals surface area contributed by atoms with Crippen LogP contribution in [-0.4, -0.2) is 29.1 Å². The number of hydrogen-bond donors (Lipinski definition) is 0. The lowest BCUT2D eigenvalue weighted by atomic mass is 9.78. The number of carbonyl (C=O) groups excluding carboxylic acids is 1. The highest BCUT2D eigenvalue weighted by Crippen LogP contribution is 2.44. The molecule has 4 heterocycles. The minimum atomic E-state index is -1.19. The number of fused-ring (bicyclic) bond motifs is 2. The zero-order chi connectivity index (χ0) is 27.8. The van der Waals surface area contributed by atoms with Crippen LogP contribution in [0, 0.1) is 13.8 Å². The Hall–Kier alpha value is -3.81. The van der Waals surface area contributed by atoms with Crippen molar-refractivity contribution in [2.24, 2.45) is 0 Å². The number of aromatic nitrogens is 2. The standard InChI is InChI=1S/C33H26F2N2OS2/c1-19-27(29(21-9-5-3-6-10-21)23-13-15-39-32(23)36-19)25(17-34)31(38)26(18-35)28-20(2)37-33-24(14-16-40-33)30(28)22-11-7-4-8-12-22/h3-16,25-26H,17-18H2,1-2H3. The summed E-state index contributed by atoms with van der Waals surface area (Å²) in [5.41, 5.74) is 5.50. The summed E-state index contributed by atoms with van der Waals surface area (Å²) in [6, 6.07) is 23.2. The van der Waals surface area contributed by atoms with Crippen LogP contribution in [0.4, 0.5) is 8.78 Å². The summed E-state index contributed by atoms with van der Waals surface area (Å²) in [5, 5.41) is 5.62. The fourth-order valence-electron chi connectivity index (χ4n) is 5.75. The molecule has 6 aromatic rings. The van der Waals surface area contributed by atoms with Gasteiger partial charge in [0.2, 0.25) is 0 Å². The fraction of sp³-hybridized carbons (Fsp3) is 0.182. The molecule has 2 atom stereocenters. The van der Waals surface area contributed by atoms with Gasteiger partial charge in [-0.3, -0.25) is 4.79 Å². The molecule has 0 aliphatic heterocycles. The summed E-state index contributed by atoms with van der Waals surface area (Å²) in [7, 11) is 0. The molecule has 0 amide bonds. The number of benzene rings is 2. The SMILES string of the molecule is Cc1nc2sccc2c(-c2ccccc2)c1C(CF)C(=O)C(CF)c1c(C)nc2sccc2c1-c1ccccc1. The summed E-state index contributed by atoms with van der Waals surface area (Å²) in [6.07, 6.45) is 0. The van der Waals surface area contributed by atoms with E-state index in [9.17, 15) is 4.79 Å². The quantitative estimate of drug-likeness (QED) is 0.184. The van der Waals surface area contributed by atoms with Crippen molar-refractivity contribution in [2.75, 3.05) is 13.3 Å². The average Bonchev–Trinajstić information content (AvgIpc) is 3.64. The van der Waals surface area contributed by atoms with E-state index in [0.29, 0.717) is 22.5 Å². The molecule has 0 bridgehead atoms. The van der Waals surface area contributed by atoms with E-state index in [-0.39, 0.29) is 0 Å². The minimum absolute atomic E-state index is 0.502. The Morgan fingerprint density at radius 3 is 1.45 bits per heavy atom. The second kappa shape index (κ2) is 11.0. The normalized spacial score (nSPS) is 13.1. The molecule has 0 N–H and O–H groups in total. The van der Waals surface area contributed by atoms with Gasteiger partial charge in [-0.1, -0.05) is 60.7 Å². The van der Waals surface area contributed by atoms with E-state index < -0.39 is 31.0 Å². The third-order valence-electron chi connectivity index (χ3n) is 7.50. The highest BCUT2D eigenvalue weighted by molar-refractivity contribution is 7.17. The van der Waals surface area contributed by atoms with Crippen molar-refractivity contribution in [1.29, 1.82) is 0 Å². The van der Waals surface area contributed by atoms with E-state index >= 15 is 8.78 Å². The molecule has 0 radical (unpaired) electrons. The predicted octanol–water partition coefficient (Wildman–Crippen LogP) is 9.23. The molecule has 3 nitrogen and oxygen atoms in total. The molecular formula is C33H26F2N2OS2. The number of pyridine rings is 2. The average molecular weight is 569 g/mol. The van der Waals surface area contributed by atoms with Gasteiger partial charge in [-0.15, -0.1) is 22.7 Å². The van der Waals surface area contributed by atoms with Crippen LogP contribution in [0.1, 0.15) is 34.4 Å². The fourth-order valence-corrected chi connectivity index (χ4v) is 7.39. The molecule has 0 spiro atoms. The second-order valence-corrected chi connectivity index (χ2v) is 11.6. The van der Waals surface area contributed by atoms with Crippen molar-refractivity contribution in [3.05, 3.63) is 106 Å². The van der Waals surface area contributed by atoms with Crippen molar-refractivity contribution in [3.8, 4) is 22.3 Å². The van der Waals surface area contributed by atoms with Gasteiger partial charge < -0.3 is 0 Å². The molecular weight excluding hydrogens is 543 g/mol. The molecule has 2 unspecified atom stereocenters. The van der Waals surface area contributed by atoms with Crippen molar-refractivity contribution in [3.63, 3.8) is 0 Å². The zero-order valence-electron chi connectivity index (χ0n) is 22.0. The van der Waals surface area contributed by atoms with E-state index in [1.54, 1.807) is 13.8 Å². The first-order chi connectivity index (χ1) is 19.5. The number of ketones is 1. The Morgan fingerprint density at radius 2 is 1.07 bits per heavy atom. The minimum Gasteiger partial charge on any atom is -0.298 e. The Labute approximate surface area is 239 Å². The Morgan fingerprint density at radius 1 is 0.675 bits per heavy atom.